The number of nitrogens with one attached hydrogen (secondary N) is 2. The predicted molar refractivity (Wildman–Crippen MR) is 82.1 cm³/mol. The molecular formula is C16H24N2O3. The van der Waals surface area contributed by atoms with Gasteiger partial charge in [0.05, 0.1) is 0 Å². The minimum atomic E-state index is -0.686. The fourth-order valence-electron chi connectivity index (χ4n) is 2.17. The monoisotopic (exact) mass is 292 g/mol. The van der Waals surface area contributed by atoms with Crippen LogP contribution in [0, 0.1) is 13.8 Å². The molecule has 0 spiro atoms. The smallest absolute Gasteiger partial charge is 0.426 e. The fourth-order valence-corrected chi connectivity index (χ4v) is 2.17. The highest BCUT2D eigenvalue weighted by Gasteiger charge is 2.17. The third-order valence-electron chi connectivity index (χ3n) is 2.99. The molecule has 5 nitrogen and oxygen atoms in total. The summed E-state index contributed by atoms with van der Waals surface area (Å²) < 4.78 is 5.04. The standard InChI is InChI=1S/C16H24N2O3/c1-7-13-10(2)8-12(9-11(13)3)14(19)17-18-15(20)21-16(4,5)6/h8-9H,7H2,1-6H3,(H,17,19)(H,18,20). The quantitative estimate of drug-likeness (QED) is 0.823. The van der Waals surface area contributed by atoms with Gasteiger partial charge in [0.1, 0.15) is 5.60 Å². The van der Waals surface area contributed by atoms with Crippen LogP contribution in [0.1, 0.15) is 54.7 Å². The third kappa shape index (κ3) is 5.10. The molecule has 0 saturated heterocycles. The second kappa shape index (κ2) is 6.61. The minimum absolute atomic E-state index is 0.366. The third-order valence-corrected chi connectivity index (χ3v) is 2.99. The van der Waals surface area contributed by atoms with Crippen molar-refractivity contribution in [3.05, 3.63) is 34.4 Å². The molecule has 1 aromatic carbocycles. The van der Waals surface area contributed by atoms with Crippen LogP contribution in [0.2, 0.25) is 0 Å². The first-order valence-electron chi connectivity index (χ1n) is 7.03. The van der Waals surface area contributed by atoms with Crippen molar-refractivity contribution in [3.8, 4) is 0 Å². The molecule has 0 aromatic heterocycles. The van der Waals surface area contributed by atoms with E-state index in [1.54, 1.807) is 20.8 Å². The van der Waals surface area contributed by atoms with Crippen molar-refractivity contribution in [3.63, 3.8) is 0 Å². The van der Waals surface area contributed by atoms with E-state index in [9.17, 15) is 9.59 Å². The molecule has 116 valence electrons. The molecule has 0 atom stereocenters. The van der Waals surface area contributed by atoms with E-state index in [-0.39, 0.29) is 5.91 Å². The molecule has 5 heteroatoms. The lowest BCUT2D eigenvalue weighted by Gasteiger charge is -2.19. The lowest BCUT2D eigenvalue weighted by molar-refractivity contribution is 0.0483. The van der Waals surface area contributed by atoms with Crippen LogP contribution >= 0.6 is 0 Å². The fraction of sp³-hybridized carbons (Fsp3) is 0.500. The zero-order chi connectivity index (χ0) is 16.2. The minimum Gasteiger partial charge on any atom is -0.443 e. The lowest BCUT2D eigenvalue weighted by Crippen LogP contribution is -2.44. The number of benzene rings is 1. The molecule has 0 aliphatic heterocycles. The van der Waals surface area contributed by atoms with E-state index < -0.39 is 11.7 Å². The molecular weight excluding hydrogens is 268 g/mol. The molecule has 0 saturated carbocycles. The van der Waals surface area contributed by atoms with Gasteiger partial charge in [0.15, 0.2) is 0 Å². The van der Waals surface area contributed by atoms with E-state index in [0.29, 0.717) is 5.56 Å². The Morgan fingerprint density at radius 1 is 1.10 bits per heavy atom. The summed E-state index contributed by atoms with van der Waals surface area (Å²) in [6, 6.07) is 3.63. The van der Waals surface area contributed by atoms with Crippen molar-refractivity contribution in [2.24, 2.45) is 0 Å². The van der Waals surface area contributed by atoms with Crippen LogP contribution in [-0.4, -0.2) is 17.6 Å². The molecule has 2 N–H and O–H groups in total. The van der Waals surface area contributed by atoms with Gasteiger partial charge >= 0.3 is 6.09 Å². The highest BCUT2D eigenvalue weighted by molar-refractivity contribution is 5.95. The summed E-state index contributed by atoms with van der Waals surface area (Å²) in [6.45, 7) is 11.3. The van der Waals surface area contributed by atoms with E-state index in [4.69, 9.17) is 4.74 Å². The molecule has 0 aliphatic rings. The van der Waals surface area contributed by atoms with Crippen LogP contribution in [0.5, 0.6) is 0 Å². The maximum absolute atomic E-state index is 12.0. The van der Waals surface area contributed by atoms with Gasteiger partial charge in [-0.05, 0) is 69.9 Å². The van der Waals surface area contributed by atoms with Gasteiger partial charge in [-0.3, -0.25) is 10.2 Å². The summed E-state index contributed by atoms with van der Waals surface area (Å²) in [5.74, 6) is -0.366. The highest BCUT2D eigenvalue weighted by atomic mass is 16.6. The molecule has 0 bridgehead atoms. The maximum atomic E-state index is 12.0. The SMILES string of the molecule is CCc1c(C)cc(C(=O)NNC(=O)OC(C)(C)C)cc1C. The van der Waals surface area contributed by atoms with E-state index in [1.165, 1.54) is 5.56 Å². The van der Waals surface area contributed by atoms with Gasteiger partial charge in [0, 0.05) is 5.56 Å². The first kappa shape index (κ1) is 17.0. The summed E-state index contributed by atoms with van der Waals surface area (Å²) in [5.41, 5.74) is 7.88. The second-order valence-corrected chi connectivity index (χ2v) is 6.02. The van der Waals surface area contributed by atoms with E-state index in [2.05, 4.69) is 17.8 Å². The summed E-state index contributed by atoms with van der Waals surface area (Å²) >= 11 is 0. The van der Waals surface area contributed by atoms with Crippen molar-refractivity contribution in [1.82, 2.24) is 10.9 Å². The number of rotatable bonds is 2. The Hall–Kier alpha value is -2.04. The van der Waals surface area contributed by atoms with Gasteiger partial charge in [-0.2, -0.15) is 0 Å². The number of hydrazine groups is 1. The van der Waals surface area contributed by atoms with Crippen LogP contribution in [-0.2, 0) is 11.2 Å². The van der Waals surface area contributed by atoms with Crippen LogP contribution in [0.4, 0.5) is 4.79 Å². The largest absolute Gasteiger partial charge is 0.443 e. The van der Waals surface area contributed by atoms with Crippen LogP contribution in [0.15, 0.2) is 12.1 Å². The first-order chi connectivity index (χ1) is 9.64. The Morgan fingerprint density at radius 2 is 1.62 bits per heavy atom. The van der Waals surface area contributed by atoms with Gasteiger partial charge in [-0.1, -0.05) is 6.92 Å². The van der Waals surface area contributed by atoms with Crippen LogP contribution in [0.3, 0.4) is 0 Å². The number of ether oxygens (including phenoxy) is 1. The summed E-state index contributed by atoms with van der Waals surface area (Å²) in [7, 11) is 0. The number of carbonyl (C=O) groups is 2. The van der Waals surface area contributed by atoms with Gasteiger partial charge < -0.3 is 4.74 Å². The van der Waals surface area contributed by atoms with Crippen molar-refractivity contribution in [2.75, 3.05) is 0 Å². The zero-order valence-electron chi connectivity index (χ0n) is 13.6. The number of amides is 2. The van der Waals surface area contributed by atoms with E-state index >= 15 is 0 Å². The molecule has 0 fully saturated rings. The summed E-state index contributed by atoms with van der Waals surface area (Å²) in [5, 5.41) is 0. The average Bonchev–Trinajstić information content (AvgIpc) is 2.33. The topological polar surface area (TPSA) is 67.4 Å². The molecule has 0 unspecified atom stereocenters. The molecule has 1 aromatic rings. The Morgan fingerprint density at radius 3 is 2.05 bits per heavy atom. The van der Waals surface area contributed by atoms with E-state index in [0.717, 1.165) is 17.5 Å². The Labute approximate surface area is 126 Å². The molecule has 0 radical (unpaired) electrons. The van der Waals surface area contributed by atoms with Crippen molar-refractivity contribution >= 4 is 12.0 Å². The van der Waals surface area contributed by atoms with Crippen LogP contribution < -0.4 is 10.9 Å². The lowest BCUT2D eigenvalue weighted by atomic mass is 9.97. The Bertz CT molecular complexity index is 522. The predicted octanol–water partition coefficient (Wildman–Crippen LogP) is 3.04. The highest BCUT2D eigenvalue weighted by Crippen LogP contribution is 2.17. The summed E-state index contributed by atoms with van der Waals surface area (Å²) in [6.07, 6.45) is 0.241. The van der Waals surface area contributed by atoms with Gasteiger partial charge in [-0.25, -0.2) is 10.2 Å². The number of hydrogen-bond acceptors (Lipinski definition) is 3. The van der Waals surface area contributed by atoms with Crippen molar-refractivity contribution in [1.29, 1.82) is 0 Å². The van der Waals surface area contributed by atoms with Gasteiger partial charge in [0.2, 0.25) is 0 Å². The molecule has 2 amide bonds. The average molecular weight is 292 g/mol. The summed E-state index contributed by atoms with van der Waals surface area (Å²) in [4.78, 5) is 23.5. The molecule has 1 rings (SSSR count). The van der Waals surface area contributed by atoms with Crippen molar-refractivity contribution < 1.29 is 14.3 Å². The second-order valence-electron chi connectivity index (χ2n) is 6.02. The van der Waals surface area contributed by atoms with E-state index in [1.807, 2.05) is 26.0 Å². The Kier molecular flexibility index (Phi) is 5.35. The molecule has 0 aliphatic carbocycles. The first-order valence-corrected chi connectivity index (χ1v) is 7.03. The maximum Gasteiger partial charge on any atom is 0.426 e. The number of carbonyl (C=O) groups excluding carboxylic acids is 2. The van der Waals surface area contributed by atoms with Gasteiger partial charge in [0.25, 0.3) is 5.91 Å². The van der Waals surface area contributed by atoms with Gasteiger partial charge in [-0.15, -0.1) is 0 Å². The Balaban J connectivity index is 2.71. The van der Waals surface area contributed by atoms with Crippen molar-refractivity contribution in [2.45, 2.75) is 53.6 Å². The zero-order valence-corrected chi connectivity index (χ0v) is 13.6. The molecule has 21 heavy (non-hydrogen) atoms. The normalized spacial score (nSPS) is 11.0. The van der Waals surface area contributed by atoms with Crippen LogP contribution in [0.25, 0.3) is 0 Å². The molecule has 0 heterocycles. The number of aryl methyl sites for hydroxylation is 2. The number of hydrogen-bond donors (Lipinski definition) is 2.